The van der Waals surface area contributed by atoms with Gasteiger partial charge in [0.25, 0.3) is 11.8 Å². The Morgan fingerprint density at radius 1 is 1.00 bits per heavy atom. The third kappa shape index (κ3) is 3.45. The van der Waals surface area contributed by atoms with Gasteiger partial charge in [-0.25, -0.2) is 13.1 Å². The molecule has 1 aliphatic heterocycles. The average Bonchev–Trinajstić information content (AvgIpc) is 2.88. The lowest BCUT2D eigenvalue weighted by Crippen LogP contribution is -2.38. The summed E-state index contributed by atoms with van der Waals surface area (Å²) in [7, 11) is -2.26. The van der Waals surface area contributed by atoms with Crippen molar-refractivity contribution in [2.45, 2.75) is 18.7 Å². The maximum Gasteiger partial charge on any atom is 0.261 e. The molecule has 1 aliphatic rings. The van der Waals surface area contributed by atoms with Crippen LogP contribution in [0.25, 0.3) is 0 Å². The van der Waals surface area contributed by atoms with Gasteiger partial charge >= 0.3 is 0 Å². The minimum Gasteiger partial charge on any atom is -0.496 e. The minimum absolute atomic E-state index is 0.0419. The summed E-state index contributed by atoms with van der Waals surface area (Å²) in [6, 6.07) is 9.75. The van der Waals surface area contributed by atoms with Crippen molar-refractivity contribution in [3.63, 3.8) is 0 Å². The zero-order chi connectivity index (χ0) is 19.8. The topological polar surface area (TPSA) is 92.8 Å². The normalized spacial score (nSPS) is 13.8. The van der Waals surface area contributed by atoms with E-state index < -0.39 is 21.8 Å². The predicted molar refractivity (Wildman–Crippen MR) is 99.5 cm³/mol. The van der Waals surface area contributed by atoms with Crippen LogP contribution in [0.4, 0.5) is 0 Å². The molecule has 0 unspecified atom stereocenters. The lowest BCUT2D eigenvalue weighted by molar-refractivity contribution is 0.0657. The number of amides is 2. The number of methoxy groups -OCH3 is 1. The number of nitrogens with zero attached hydrogens (tertiary/aromatic N) is 1. The second-order valence-electron chi connectivity index (χ2n) is 6.29. The average molecular weight is 388 g/mol. The van der Waals surface area contributed by atoms with E-state index in [-0.39, 0.29) is 18.0 Å². The molecule has 7 nitrogen and oxygen atoms in total. The quantitative estimate of drug-likeness (QED) is 0.763. The molecule has 0 saturated carbocycles. The number of aryl methyl sites for hydroxylation is 2. The fourth-order valence-corrected chi connectivity index (χ4v) is 4.41. The first-order chi connectivity index (χ1) is 12.8. The molecule has 0 saturated heterocycles. The van der Waals surface area contributed by atoms with Crippen molar-refractivity contribution in [3.05, 3.63) is 58.7 Å². The summed E-state index contributed by atoms with van der Waals surface area (Å²) in [6.07, 6.45) is 0. The number of carbonyl (C=O) groups excluding carboxylic acids is 2. The molecule has 0 aliphatic carbocycles. The third-order valence-electron chi connectivity index (χ3n) is 4.49. The van der Waals surface area contributed by atoms with E-state index in [0.29, 0.717) is 28.0 Å². The molecule has 3 rings (SSSR count). The summed E-state index contributed by atoms with van der Waals surface area (Å²) in [5.41, 5.74) is 1.92. The summed E-state index contributed by atoms with van der Waals surface area (Å²) >= 11 is 0. The second-order valence-corrected chi connectivity index (χ2v) is 8.03. The maximum atomic E-state index is 12.6. The van der Waals surface area contributed by atoms with Gasteiger partial charge in [-0.05, 0) is 49.2 Å². The molecule has 1 N–H and O–H groups in total. The molecule has 0 fully saturated rings. The standard InChI is InChI=1S/C19H20N2O5S/c1-12-11-17(13(2)10-16(12)26-3)27(24,25)20-8-9-21-18(22)14-6-4-5-7-15(14)19(21)23/h4-7,10-11,20H,8-9H2,1-3H3. The van der Waals surface area contributed by atoms with E-state index in [1.54, 1.807) is 50.2 Å². The van der Waals surface area contributed by atoms with Gasteiger partial charge in [-0.2, -0.15) is 0 Å². The van der Waals surface area contributed by atoms with Gasteiger partial charge in [0.2, 0.25) is 10.0 Å². The van der Waals surface area contributed by atoms with E-state index in [1.165, 1.54) is 7.11 Å². The van der Waals surface area contributed by atoms with Crippen LogP contribution in [0.3, 0.4) is 0 Å². The number of hydrogen-bond acceptors (Lipinski definition) is 5. The van der Waals surface area contributed by atoms with E-state index in [4.69, 9.17) is 4.74 Å². The van der Waals surface area contributed by atoms with Crippen molar-refractivity contribution in [2.24, 2.45) is 0 Å². The lowest BCUT2D eigenvalue weighted by atomic mass is 10.1. The van der Waals surface area contributed by atoms with Crippen LogP contribution < -0.4 is 9.46 Å². The van der Waals surface area contributed by atoms with E-state index in [0.717, 1.165) is 4.90 Å². The summed E-state index contributed by atoms with van der Waals surface area (Å²) in [5.74, 6) is -0.213. The van der Waals surface area contributed by atoms with Crippen LogP contribution in [-0.2, 0) is 10.0 Å². The van der Waals surface area contributed by atoms with Crippen LogP contribution in [0.1, 0.15) is 31.8 Å². The number of sulfonamides is 1. The Labute approximate surface area is 158 Å². The molecule has 8 heteroatoms. The van der Waals surface area contributed by atoms with Crippen LogP contribution in [0.15, 0.2) is 41.3 Å². The summed E-state index contributed by atoms with van der Waals surface area (Å²) in [6.45, 7) is 3.33. The molecule has 2 amide bonds. The molecule has 0 atom stereocenters. The van der Waals surface area contributed by atoms with E-state index >= 15 is 0 Å². The largest absolute Gasteiger partial charge is 0.496 e. The maximum absolute atomic E-state index is 12.6. The first kappa shape index (κ1) is 19.1. The van der Waals surface area contributed by atoms with Crippen molar-refractivity contribution in [3.8, 4) is 5.75 Å². The zero-order valence-corrected chi connectivity index (χ0v) is 16.1. The first-order valence-corrected chi connectivity index (χ1v) is 9.84. The van der Waals surface area contributed by atoms with Crippen LogP contribution in [0.2, 0.25) is 0 Å². The molecule has 0 aromatic heterocycles. The molecule has 0 radical (unpaired) electrons. The number of rotatable bonds is 6. The van der Waals surface area contributed by atoms with E-state index in [2.05, 4.69) is 4.72 Å². The highest BCUT2D eigenvalue weighted by Crippen LogP contribution is 2.26. The predicted octanol–water partition coefficient (Wildman–Crippen LogP) is 1.89. The van der Waals surface area contributed by atoms with Crippen LogP contribution in [-0.4, -0.2) is 45.3 Å². The lowest BCUT2D eigenvalue weighted by Gasteiger charge is -2.16. The Bertz CT molecular complexity index is 995. The Morgan fingerprint density at radius 3 is 2.15 bits per heavy atom. The highest BCUT2D eigenvalue weighted by Gasteiger charge is 2.34. The molecule has 27 heavy (non-hydrogen) atoms. The van der Waals surface area contributed by atoms with Crippen LogP contribution in [0, 0.1) is 13.8 Å². The van der Waals surface area contributed by atoms with Crippen LogP contribution in [0.5, 0.6) is 5.75 Å². The Hall–Kier alpha value is -2.71. The van der Waals surface area contributed by atoms with Gasteiger partial charge in [0, 0.05) is 13.1 Å². The molecular formula is C19H20N2O5S. The zero-order valence-electron chi connectivity index (χ0n) is 15.3. The van der Waals surface area contributed by atoms with E-state index in [1.807, 2.05) is 0 Å². The fourth-order valence-electron chi connectivity index (χ4n) is 3.08. The van der Waals surface area contributed by atoms with Crippen molar-refractivity contribution in [1.29, 1.82) is 0 Å². The van der Waals surface area contributed by atoms with Gasteiger partial charge in [0.1, 0.15) is 5.75 Å². The Kier molecular flexibility index (Phi) is 5.03. The number of hydrogen-bond donors (Lipinski definition) is 1. The fraction of sp³-hybridized carbons (Fsp3) is 0.263. The molecule has 142 valence electrons. The molecule has 2 aromatic rings. The van der Waals surface area contributed by atoms with Gasteiger partial charge in [-0.1, -0.05) is 12.1 Å². The molecule has 0 spiro atoms. The van der Waals surface area contributed by atoms with E-state index in [9.17, 15) is 18.0 Å². The molecular weight excluding hydrogens is 368 g/mol. The van der Waals surface area contributed by atoms with Gasteiger partial charge in [0.05, 0.1) is 23.1 Å². The van der Waals surface area contributed by atoms with Crippen molar-refractivity contribution < 1.29 is 22.7 Å². The SMILES string of the molecule is COc1cc(C)c(S(=O)(=O)NCCN2C(=O)c3ccccc3C2=O)cc1C. The first-order valence-electron chi connectivity index (χ1n) is 8.36. The summed E-state index contributed by atoms with van der Waals surface area (Å²) in [4.78, 5) is 25.8. The van der Waals surface area contributed by atoms with Gasteiger partial charge in [-0.15, -0.1) is 0 Å². The highest BCUT2D eigenvalue weighted by atomic mass is 32.2. The van der Waals surface area contributed by atoms with Crippen molar-refractivity contribution >= 4 is 21.8 Å². The van der Waals surface area contributed by atoms with Gasteiger partial charge < -0.3 is 4.74 Å². The third-order valence-corrected chi connectivity index (χ3v) is 6.09. The van der Waals surface area contributed by atoms with Gasteiger partial charge in [0.15, 0.2) is 0 Å². The number of imide groups is 1. The van der Waals surface area contributed by atoms with Crippen molar-refractivity contribution in [2.75, 3.05) is 20.2 Å². The summed E-state index contributed by atoms with van der Waals surface area (Å²) < 4.78 is 32.9. The second kappa shape index (κ2) is 7.13. The molecule has 2 aromatic carbocycles. The smallest absolute Gasteiger partial charge is 0.261 e. The molecule has 1 heterocycles. The van der Waals surface area contributed by atoms with Gasteiger partial charge in [-0.3, -0.25) is 14.5 Å². The monoisotopic (exact) mass is 388 g/mol. The number of fused-ring (bicyclic) bond motifs is 1. The summed E-state index contributed by atoms with van der Waals surface area (Å²) in [5, 5.41) is 0. The Morgan fingerprint density at radius 2 is 1.59 bits per heavy atom. The molecule has 0 bridgehead atoms. The highest BCUT2D eigenvalue weighted by molar-refractivity contribution is 7.89. The number of benzene rings is 2. The number of carbonyl (C=O) groups is 2. The number of nitrogens with one attached hydrogen (secondary N) is 1. The number of ether oxygens (including phenoxy) is 1. The Balaban J connectivity index is 1.72. The van der Waals surface area contributed by atoms with Crippen molar-refractivity contribution in [1.82, 2.24) is 9.62 Å². The van der Waals surface area contributed by atoms with Crippen LogP contribution >= 0.6 is 0 Å². The minimum atomic E-state index is -3.79.